The molecule has 6 heteroatoms. The quantitative estimate of drug-likeness (QED) is 0.896. The Morgan fingerprint density at radius 3 is 2.33 bits per heavy atom. The summed E-state index contributed by atoms with van der Waals surface area (Å²) in [6.45, 7) is 2.10. The molecule has 1 N–H and O–H groups in total. The number of nitrogens with one attached hydrogen (secondary N) is 1. The minimum absolute atomic E-state index is 0.223. The summed E-state index contributed by atoms with van der Waals surface area (Å²) < 4.78 is 26.9. The Morgan fingerprint density at radius 2 is 1.71 bits per heavy atom. The third-order valence-corrected chi connectivity index (χ3v) is 5.19. The minimum atomic E-state index is -3.51. The molecule has 0 saturated heterocycles. The lowest BCUT2D eigenvalue weighted by Gasteiger charge is -2.08. The second kappa shape index (κ2) is 6.79. The molecular formula is C15H15Cl2NO2S. The van der Waals surface area contributed by atoms with E-state index in [0.29, 0.717) is 23.0 Å². The fraction of sp³-hybridized carbons (Fsp3) is 0.200. The van der Waals surface area contributed by atoms with E-state index in [9.17, 15) is 8.42 Å². The van der Waals surface area contributed by atoms with Crippen molar-refractivity contribution in [2.45, 2.75) is 18.2 Å². The molecule has 0 heterocycles. The second-order valence-electron chi connectivity index (χ2n) is 4.69. The van der Waals surface area contributed by atoms with E-state index in [2.05, 4.69) is 4.72 Å². The van der Waals surface area contributed by atoms with Gasteiger partial charge >= 0.3 is 0 Å². The first-order chi connectivity index (χ1) is 9.88. The molecule has 0 amide bonds. The summed E-state index contributed by atoms with van der Waals surface area (Å²) in [5.41, 5.74) is 1.76. The lowest BCUT2D eigenvalue weighted by Crippen LogP contribution is -2.26. The Hall–Kier alpha value is -1.07. The summed E-state index contributed by atoms with van der Waals surface area (Å²) >= 11 is 11.7. The van der Waals surface area contributed by atoms with Crippen LogP contribution in [0.15, 0.2) is 47.4 Å². The fourth-order valence-electron chi connectivity index (χ4n) is 1.85. The number of hydrogen-bond donors (Lipinski definition) is 1. The SMILES string of the molecule is Cc1cc(S(=O)(=O)NCCc2ccc(Cl)cc2)ccc1Cl. The molecule has 0 saturated carbocycles. The molecule has 0 aliphatic heterocycles. The standard InChI is InChI=1S/C15H15Cl2NO2S/c1-11-10-14(6-7-15(11)17)21(19,20)18-9-8-12-2-4-13(16)5-3-12/h2-7,10,18H,8-9H2,1H3. The van der Waals surface area contributed by atoms with Gasteiger partial charge in [0.2, 0.25) is 10.0 Å². The van der Waals surface area contributed by atoms with Gasteiger partial charge in [-0.05, 0) is 54.8 Å². The van der Waals surface area contributed by atoms with Crippen molar-refractivity contribution in [3.05, 3.63) is 63.6 Å². The molecule has 0 unspecified atom stereocenters. The molecule has 21 heavy (non-hydrogen) atoms. The van der Waals surface area contributed by atoms with Crippen molar-refractivity contribution in [3.8, 4) is 0 Å². The van der Waals surface area contributed by atoms with Crippen LogP contribution in [0.25, 0.3) is 0 Å². The van der Waals surface area contributed by atoms with Crippen molar-refractivity contribution < 1.29 is 8.42 Å². The molecule has 2 rings (SSSR count). The lowest BCUT2D eigenvalue weighted by atomic mass is 10.2. The zero-order valence-electron chi connectivity index (χ0n) is 11.4. The number of halogens is 2. The van der Waals surface area contributed by atoms with Crippen LogP contribution in [0.2, 0.25) is 10.0 Å². The van der Waals surface area contributed by atoms with Crippen LogP contribution in [-0.4, -0.2) is 15.0 Å². The van der Waals surface area contributed by atoms with Gasteiger partial charge in [0.05, 0.1) is 4.90 Å². The summed E-state index contributed by atoms with van der Waals surface area (Å²) in [5.74, 6) is 0. The maximum Gasteiger partial charge on any atom is 0.240 e. The average Bonchev–Trinajstić information content (AvgIpc) is 2.44. The summed E-state index contributed by atoms with van der Waals surface area (Å²) in [5, 5.41) is 1.21. The van der Waals surface area contributed by atoms with Gasteiger partial charge in [0.1, 0.15) is 0 Å². The minimum Gasteiger partial charge on any atom is -0.211 e. The Balaban J connectivity index is 2.01. The molecular weight excluding hydrogens is 329 g/mol. The Kier molecular flexibility index (Phi) is 5.27. The third-order valence-electron chi connectivity index (χ3n) is 3.06. The van der Waals surface area contributed by atoms with E-state index in [0.717, 1.165) is 11.1 Å². The number of rotatable bonds is 5. The van der Waals surface area contributed by atoms with Crippen molar-refractivity contribution in [1.82, 2.24) is 4.72 Å². The monoisotopic (exact) mass is 343 g/mol. The number of aryl methyl sites for hydroxylation is 1. The van der Waals surface area contributed by atoms with Crippen LogP contribution in [-0.2, 0) is 16.4 Å². The molecule has 0 fully saturated rings. The van der Waals surface area contributed by atoms with Gasteiger partial charge in [-0.2, -0.15) is 0 Å². The zero-order valence-corrected chi connectivity index (χ0v) is 13.8. The first-order valence-electron chi connectivity index (χ1n) is 6.39. The first-order valence-corrected chi connectivity index (χ1v) is 8.63. The zero-order chi connectivity index (χ0) is 15.5. The van der Waals surface area contributed by atoms with E-state index < -0.39 is 10.0 Å². The highest BCUT2D eigenvalue weighted by atomic mass is 35.5. The van der Waals surface area contributed by atoms with Gasteiger partial charge in [-0.1, -0.05) is 35.3 Å². The lowest BCUT2D eigenvalue weighted by molar-refractivity contribution is 0.581. The predicted octanol–water partition coefficient (Wildman–Crippen LogP) is 3.82. The van der Waals surface area contributed by atoms with Crippen LogP contribution < -0.4 is 4.72 Å². The molecule has 0 atom stereocenters. The van der Waals surface area contributed by atoms with Crippen LogP contribution in [0, 0.1) is 6.92 Å². The maximum atomic E-state index is 12.2. The number of benzene rings is 2. The molecule has 0 radical (unpaired) electrons. The van der Waals surface area contributed by atoms with Crippen LogP contribution in [0.5, 0.6) is 0 Å². The Bertz CT molecular complexity index is 728. The smallest absolute Gasteiger partial charge is 0.211 e. The Morgan fingerprint density at radius 1 is 1.05 bits per heavy atom. The molecule has 0 aliphatic carbocycles. The van der Waals surface area contributed by atoms with Gasteiger partial charge in [0.25, 0.3) is 0 Å². The Labute approximate surface area is 135 Å². The molecule has 112 valence electrons. The van der Waals surface area contributed by atoms with Gasteiger partial charge in [0.15, 0.2) is 0 Å². The van der Waals surface area contributed by atoms with E-state index >= 15 is 0 Å². The van der Waals surface area contributed by atoms with Crippen LogP contribution in [0.4, 0.5) is 0 Å². The largest absolute Gasteiger partial charge is 0.240 e. The van der Waals surface area contributed by atoms with Gasteiger partial charge in [0, 0.05) is 16.6 Å². The van der Waals surface area contributed by atoms with E-state index in [4.69, 9.17) is 23.2 Å². The highest BCUT2D eigenvalue weighted by molar-refractivity contribution is 7.89. The highest BCUT2D eigenvalue weighted by Crippen LogP contribution is 2.19. The molecule has 0 aliphatic rings. The first kappa shape index (κ1) is 16.3. The van der Waals surface area contributed by atoms with Crippen molar-refractivity contribution >= 4 is 33.2 Å². The third kappa shape index (κ3) is 4.45. The van der Waals surface area contributed by atoms with Crippen LogP contribution in [0.1, 0.15) is 11.1 Å². The molecule has 0 aromatic heterocycles. The van der Waals surface area contributed by atoms with Gasteiger partial charge in [-0.15, -0.1) is 0 Å². The molecule has 0 bridgehead atoms. The molecule has 0 spiro atoms. The van der Waals surface area contributed by atoms with Gasteiger partial charge in [-0.25, -0.2) is 13.1 Å². The number of sulfonamides is 1. The van der Waals surface area contributed by atoms with Gasteiger partial charge < -0.3 is 0 Å². The summed E-state index contributed by atoms with van der Waals surface area (Å²) in [6, 6.07) is 12.0. The highest BCUT2D eigenvalue weighted by Gasteiger charge is 2.14. The van der Waals surface area contributed by atoms with Crippen molar-refractivity contribution in [3.63, 3.8) is 0 Å². The van der Waals surface area contributed by atoms with Crippen molar-refractivity contribution in [2.75, 3.05) is 6.54 Å². The van der Waals surface area contributed by atoms with Gasteiger partial charge in [-0.3, -0.25) is 0 Å². The van der Waals surface area contributed by atoms with Crippen molar-refractivity contribution in [2.24, 2.45) is 0 Å². The summed E-state index contributed by atoms with van der Waals surface area (Å²) in [6.07, 6.45) is 0.600. The second-order valence-corrected chi connectivity index (χ2v) is 7.30. The summed E-state index contributed by atoms with van der Waals surface area (Å²) in [4.78, 5) is 0.223. The van der Waals surface area contributed by atoms with Crippen molar-refractivity contribution in [1.29, 1.82) is 0 Å². The summed E-state index contributed by atoms with van der Waals surface area (Å²) in [7, 11) is -3.51. The molecule has 3 nitrogen and oxygen atoms in total. The van der Waals surface area contributed by atoms with Crippen LogP contribution in [0.3, 0.4) is 0 Å². The molecule has 2 aromatic rings. The van der Waals surface area contributed by atoms with E-state index in [-0.39, 0.29) is 4.90 Å². The topological polar surface area (TPSA) is 46.2 Å². The number of hydrogen-bond acceptors (Lipinski definition) is 2. The predicted molar refractivity (Wildman–Crippen MR) is 86.5 cm³/mol. The van der Waals surface area contributed by atoms with E-state index in [1.807, 2.05) is 12.1 Å². The van der Waals surface area contributed by atoms with E-state index in [1.54, 1.807) is 31.2 Å². The van der Waals surface area contributed by atoms with E-state index in [1.165, 1.54) is 6.07 Å². The molecule has 2 aromatic carbocycles. The average molecular weight is 344 g/mol. The normalized spacial score (nSPS) is 11.6. The van der Waals surface area contributed by atoms with Crippen LogP contribution >= 0.6 is 23.2 Å². The maximum absolute atomic E-state index is 12.2. The fourth-order valence-corrected chi connectivity index (χ4v) is 3.21.